The zero-order valence-electron chi connectivity index (χ0n) is 10.9. The Hall–Kier alpha value is -1.55. The molecule has 4 nitrogen and oxygen atoms in total. The number of aryl methyl sites for hydroxylation is 1. The van der Waals surface area contributed by atoms with Crippen LogP contribution in [0.25, 0.3) is 0 Å². The predicted molar refractivity (Wildman–Crippen MR) is 72.4 cm³/mol. The molecule has 1 aromatic rings. The summed E-state index contributed by atoms with van der Waals surface area (Å²) in [6, 6.07) is 4.41. The first-order chi connectivity index (χ1) is 8.91. The maximum atomic E-state index is 12.4. The van der Waals surface area contributed by atoms with Gasteiger partial charge in [-0.2, -0.15) is 0 Å². The molecule has 5 heteroatoms. The molecule has 0 saturated carbocycles. The fourth-order valence-electron chi connectivity index (χ4n) is 2.50. The van der Waals surface area contributed by atoms with Crippen molar-refractivity contribution in [3.05, 3.63) is 34.3 Å². The Balaban J connectivity index is 2.31. The number of amides is 1. The van der Waals surface area contributed by atoms with Crippen LogP contribution in [0.3, 0.4) is 0 Å². The Morgan fingerprint density at radius 2 is 2.11 bits per heavy atom. The molecule has 0 spiro atoms. The van der Waals surface area contributed by atoms with Gasteiger partial charge in [-0.25, -0.2) is 4.79 Å². The Morgan fingerprint density at radius 3 is 2.68 bits per heavy atom. The number of carboxylic acids is 1. The zero-order valence-corrected chi connectivity index (χ0v) is 11.6. The van der Waals surface area contributed by atoms with E-state index in [4.69, 9.17) is 11.6 Å². The van der Waals surface area contributed by atoms with Gasteiger partial charge in [0.25, 0.3) is 5.91 Å². The minimum absolute atomic E-state index is 0.0364. The van der Waals surface area contributed by atoms with Crippen molar-refractivity contribution in [1.29, 1.82) is 0 Å². The van der Waals surface area contributed by atoms with Crippen LogP contribution in [0.5, 0.6) is 0 Å². The van der Waals surface area contributed by atoms with E-state index >= 15 is 0 Å². The first-order valence-electron chi connectivity index (χ1n) is 6.21. The molecule has 2 unspecified atom stereocenters. The maximum Gasteiger partial charge on any atom is 0.326 e. The van der Waals surface area contributed by atoms with Crippen LogP contribution in [0.1, 0.15) is 29.3 Å². The molecule has 19 heavy (non-hydrogen) atoms. The topological polar surface area (TPSA) is 57.6 Å². The summed E-state index contributed by atoms with van der Waals surface area (Å²) in [4.78, 5) is 25.1. The van der Waals surface area contributed by atoms with Crippen molar-refractivity contribution in [3.63, 3.8) is 0 Å². The van der Waals surface area contributed by atoms with Crippen LogP contribution in [0.2, 0.25) is 5.02 Å². The molecular weight excluding hydrogens is 266 g/mol. The standard InChI is InChI=1S/C14H16ClNO3/c1-8-3-4-10(11(15)7-8)13(17)16-6-5-9(2)12(16)14(18)19/h3-4,7,9,12H,5-6H2,1-2H3,(H,18,19). The molecule has 1 aromatic carbocycles. The van der Waals surface area contributed by atoms with Gasteiger partial charge in [0.1, 0.15) is 6.04 Å². The fraction of sp³-hybridized carbons (Fsp3) is 0.429. The minimum Gasteiger partial charge on any atom is -0.480 e. The first-order valence-corrected chi connectivity index (χ1v) is 6.59. The highest BCUT2D eigenvalue weighted by atomic mass is 35.5. The van der Waals surface area contributed by atoms with E-state index in [0.717, 1.165) is 5.56 Å². The van der Waals surface area contributed by atoms with Gasteiger partial charge >= 0.3 is 5.97 Å². The van der Waals surface area contributed by atoms with Gasteiger partial charge < -0.3 is 10.0 Å². The van der Waals surface area contributed by atoms with Gasteiger partial charge in [0, 0.05) is 6.54 Å². The first kappa shape index (κ1) is 13.9. The van der Waals surface area contributed by atoms with Crippen LogP contribution >= 0.6 is 11.6 Å². The van der Waals surface area contributed by atoms with E-state index in [-0.39, 0.29) is 11.8 Å². The second kappa shape index (κ2) is 5.21. The number of nitrogens with zero attached hydrogens (tertiary/aromatic N) is 1. The van der Waals surface area contributed by atoms with Crippen molar-refractivity contribution in [2.45, 2.75) is 26.3 Å². The number of carbonyl (C=O) groups excluding carboxylic acids is 1. The molecule has 0 bridgehead atoms. The highest BCUT2D eigenvalue weighted by Gasteiger charge is 2.40. The molecule has 0 aliphatic carbocycles. The number of halogens is 1. The molecular formula is C14H16ClNO3. The van der Waals surface area contributed by atoms with Crippen LogP contribution in [0.4, 0.5) is 0 Å². The third-order valence-electron chi connectivity index (χ3n) is 3.57. The third-order valence-corrected chi connectivity index (χ3v) is 3.88. The van der Waals surface area contributed by atoms with Gasteiger partial charge in [0.05, 0.1) is 10.6 Å². The van der Waals surface area contributed by atoms with E-state index in [1.165, 1.54) is 4.90 Å². The maximum absolute atomic E-state index is 12.4. The third kappa shape index (κ3) is 2.59. The number of carboxylic acid groups (broad SMARTS) is 1. The summed E-state index contributed by atoms with van der Waals surface area (Å²) in [7, 11) is 0. The summed E-state index contributed by atoms with van der Waals surface area (Å²) in [5.74, 6) is -1.30. The molecule has 1 saturated heterocycles. The van der Waals surface area contributed by atoms with Crippen molar-refractivity contribution in [1.82, 2.24) is 4.90 Å². The number of likely N-dealkylation sites (tertiary alicyclic amines) is 1. The van der Waals surface area contributed by atoms with E-state index < -0.39 is 12.0 Å². The zero-order chi connectivity index (χ0) is 14.2. The van der Waals surface area contributed by atoms with E-state index in [9.17, 15) is 14.7 Å². The average Bonchev–Trinajstić information content (AvgIpc) is 2.70. The van der Waals surface area contributed by atoms with E-state index in [1.54, 1.807) is 18.2 Å². The largest absolute Gasteiger partial charge is 0.480 e. The summed E-state index contributed by atoms with van der Waals surface area (Å²) in [5.41, 5.74) is 1.33. The number of hydrogen-bond acceptors (Lipinski definition) is 2. The lowest BCUT2D eigenvalue weighted by atomic mass is 10.0. The predicted octanol–water partition coefficient (Wildman–Crippen LogP) is 2.58. The normalized spacial score (nSPS) is 22.6. The number of rotatable bonds is 2. The lowest BCUT2D eigenvalue weighted by Crippen LogP contribution is -2.42. The van der Waals surface area contributed by atoms with Crippen LogP contribution in [0, 0.1) is 12.8 Å². The van der Waals surface area contributed by atoms with Crippen molar-refractivity contribution >= 4 is 23.5 Å². The lowest BCUT2D eigenvalue weighted by molar-refractivity contribution is -0.142. The fourth-order valence-corrected chi connectivity index (χ4v) is 2.82. The van der Waals surface area contributed by atoms with Crippen molar-refractivity contribution in [2.24, 2.45) is 5.92 Å². The van der Waals surface area contributed by atoms with Gasteiger partial charge in [0.2, 0.25) is 0 Å². The summed E-state index contributed by atoms with van der Waals surface area (Å²) in [6.07, 6.45) is 0.701. The second-order valence-electron chi connectivity index (χ2n) is 5.03. The molecule has 0 aromatic heterocycles. The van der Waals surface area contributed by atoms with Gasteiger partial charge in [0.15, 0.2) is 0 Å². The Kier molecular flexibility index (Phi) is 3.80. The van der Waals surface area contributed by atoms with Crippen molar-refractivity contribution in [3.8, 4) is 0 Å². The van der Waals surface area contributed by atoms with Crippen LogP contribution in [-0.2, 0) is 4.79 Å². The number of hydrogen-bond donors (Lipinski definition) is 1. The second-order valence-corrected chi connectivity index (χ2v) is 5.44. The number of benzene rings is 1. The molecule has 1 fully saturated rings. The van der Waals surface area contributed by atoms with Crippen LogP contribution < -0.4 is 0 Å². The molecule has 2 atom stereocenters. The molecule has 1 amide bonds. The average molecular weight is 282 g/mol. The quantitative estimate of drug-likeness (QED) is 0.906. The molecule has 0 radical (unpaired) electrons. The highest BCUT2D eigenvalue weighted by molar-refractivity contribution is 6.34. The molecule has 2 rings (SSSR count). The monoisotopic (exact) mass is 281 g/mol. The van der Waals surface area contributed by atoms with Gasteiger partial charge in [-0.3, -0.25) is 4.79 Å². The van der Waals surface area contributed by atoms with E-state index in [1.807, 2.05) is 13.8 Å². The summed E-state index contributed by atoms with van der Waals surface area (Å²) in [6.45, 7) is 4.20. The molecule has 1 N–H and O–H groups in total. The van der Waals surface area contributed by atoms with Crippen molar-refractivity contribution in [2.75, 3.05) is 6.54 Å². The van der Waals surface area contributed by atoms with E-state index in [0.29, 0.717) is 23.6 Å². The number of aliphatic carboxylic acids is 1. The molecule has 1 aliphatic rings. The highest BCUT2D eigenvalue weighted by Crippen LogP contribution is 2.28. The van der Waals surface area contributed by atoms with Crippen molar-refractivity contribution < 1.29 is 14.7 Å². The van der Waals surface area contributed by atoms with Crippen LogP contribution in [-0.4, -0.2) is 34.5 Å². The van der Waals surface area contributed by atoms with E-state index in [2.05, 4.69) is 0 Å². The summed E-state index contributed by atoms with van der Waals surface area (Å²) >= 11 is 6.07. The van der Waals surface area contributed by atoms with Gasteiger partial charge in [-0.15, -0.1) is 0 Å². The lowest BCUT2D eigenvalue weighted by Gasteiger charge is -2.23. The van der Waals surface area contributed by atoms with Gasteiger partial charge in [-0.05, 0) is 37.0 Å². The minimum atomic E-state index is -0.957. The Labute approximate surface area is 117 Å². The van der Waals surface area contributed by atoms with Gasteiger partial charge in [-0.1, -0.05) is 24.6 Å². The summed E-state index contributed by atoms with van der Waals surface area (Å²) < 4.78 is 0. The van der Waals surface area contributed by atoms with Crippen LogP contribution in [0.15, 0.2) is 18.2 Å². The number of carbonyl (C=O) groups is 2. The Bertz CT molecular complexity index is 529. The smallest absolute Gasteiger partial charge is 0.326 e. The summed E-state index contributed by atoms with van der Waals surface area (Å²) in [5, 5.41) is 9.61. The molecule has 1 heterocycles. The molecule has 102 valence electrons. The SMILES string of the molecule is Cc1ccc(C(=O)N2CCC(C)C2C(=O)O)c(Cl)c1. The molecule has 1 aliphatic heterocycles. The Morgan fingerprint density at radius 1 is 1.42 bits per heavy atom.